The Bertz CT molecular complexity index is 854. The average molecular weight is 462 g/mol. The molecule has 182 valence electrons. The van der Waals surface area contributed by atoms with Crippen molar-refractivity contribution in [2.24, 2.45) is 0 Å². The molecule has 1 aliphatic carbocycles. The van der Waals surface area contributed by atoms with Crippen LogP contribution < -0.4 is 4.74 Å². The normalized spacial score (nSPS) is 24.8. The number of amides is 2. The van der Waals surface area contributed by atoms with Gasteiger partial charge in [-0.05, 0) is 52.2 Å². The second-order valence-corrected chi connectivity index (χ2v) is 10.4. The van der Waals surface area contributed by atoms with E-state index in [0.29, 0.717) is 31.3 Å². The van der Waals surface area contributed by atoms with Gasteiger partial charge >= 0.3 is 6.09 Å². The Kier molecular flexibility index (Phi) is 7.12. The van der Waals surface area contributed by atoms with Gasteiger partial charge in [0.15, 0.2) is 0 Å². The van der Waals surface area contributed by atoms with Crippen molar-refractivity contribution < 1.29 is 23.5 Å². The summed E-state index contributed by atoms with van der Waals surface area (Å²) >= 11 is 0. The molecule has 2 saturated heterocycles. The Morgan fingerprint density at radius 2 is 1.85 bits per heavy atom. The lowest BCUT2D eigenvalue weighted by molar-refractivity contribution is -0.135. The molecule has 2 aliphatic heterocycles. The Hall–Kier alpha value is -2.35. The summed E-state index contributed by atoms with van der Waals surface area (Å²) in [5, 5.41) is 0. The van der Waals surface area contributed by atoms with Crippen LogP contribution in [0, 0.1) is 5.82 Å². The summed E-state index contributed by atoms with van der Waals surface area (Å²) in [4.78, 5) is 32.5. The largest absolute Gasteiger partial charge is 0.488 e. The predicted octanol–water partition coefficient (Wildman–Crippen LogP) is 3.67. The highest BCUT2D eigenvalue weighted by molar-refractivity contribution is 5.86. The molecular formula is C25H36FN3O4. The van der Waals surface area contributed by atoms with E-state index in [9.17, 15) is 14.0 Å². The van der Waals surface area contributed by atoms with Gasteiger partial charge in [0.05, 0.1) is 6.54 Å². The Morgan fingerprint density at radius 3 is 2.52 bits per heavy atom. The van der Waals surface area contributed by atoms with Crippen LogP contribution in [-0.4, -0.2) is 83.2 Å². The van der Waals surface area contributed by atoms with Gasteiger partial charge in [-0.2, -0.15) is 0 Å². The maximum atomic E-state index is 13.6. The minimum atomic E-state index is -0.669. The van der Waals surface area contributed by atoms with Crippen LogP contribution >= 0.6 is 0 Å². The molecule has 3 aliphatic rings. The number of rotatable bonds is 4. The van der Waals surface area contributed by atoms with Crippen molar-refractivity contribution in [1.82, 2.24) is 14.7 Å². The van der Waals surface area contributed by atoms with Crippen molar-refractivity contribution >= 4 is 12.0 Å². The number of ether oxygens (including phenoxy) is 2. The fourth-order valence-corrected chi connectivity index (χ4v) is 4.86. The topological polar surface area (TPSA) is 62.3 Å². The molecule has 7 nitrogen and oxygen atoms in total. The van der Waals surface area contributed by atoms with E-state index in [1.54, 1.807) is 12.1 Å². The van der Waals surface area contributed by atoms with Crippen LogP contribution in [0.1, 0.15) is 52.9 Å². The van der Waals surface area contributed by atoms with E-state index in [0.717, 1.165) is 19.5 Å². The average Bonchev–Trinajstić information content (AvgIpc) is 2.96. The standard InChI is InChI=1S/C25H36FN3O4/c1-25(2,3)33-24(31)29-17-21(32-20-10-4-7-18(26)15-20)16-22(29)23(30)28-12-6-11-27(13-14-28)19-8-5-9-19/h4,7,10,15,19,21-22H,5-6,8-9,11-14,16-17H2,1-3H3/t21-,22-/m1/s1. The molecule has 0 aromatic heterocycles. The highest BCUT2D eigenvalue weighted by Crippen LogP contribution is 2.29. The fraction of sp³-hybridized carbons (Fsp3) is 0.680. The van der Waals surface area contributed by atoms with Crippen LogP contribution in [-0.2, 0) is 9.53 Å². The van der Waals surface area contributed by atoms with Gasteiger partial charge in [-0.25, -0.2) is 9.18 Å². The molecule has 0 spiro atoms. The summed E-state index contributed by atoms with van der Waals surface area (Å²) in [5.74, 6) is -0.0486. The lowest BCUT2D eigenvalue weighted by atomic mass is 9.91. The van der Waals surface area contributed by atoms with Gasteiger partial charge in [0.2, 0.25) is 5.91 Å². The lowest BCUT2D eigenvalue weighted by Crippen LogP contribution is -2.50. The second-order valence-electron chi connectivity index (χ2n) is 10.4. The van der Waals surface area contributed by atoms with Gasteiger partial charge < -0.3 is 14.4 Å². The van der Waals surface area contributed by atoms with E-state index in [1.165, 1.54) is 36.3 Å². The molecule has 3 fully saturated rings. The summed E-state index contributed by atoms with van der Waals surface area (Å²) in [6.45, 7) is 8.90. The Morgan fingerprint density at radius 1 is 1.06 bits per heavy atom. The predicted molar refractivity (Wildman–Crippen MR) is 123 cm³/mol. The van der Waals surface area contributed by atoms with Crippen LogP contribution in [0.15, 0.2) is 24.3 Å². The summed E-state index contributed by atoms with van der Waals surface area (Å²) in [6.07, 6.45) is 4.17. The van der Waals surface area contributed by atoms with Crippen LogP contribution in [0.3, 0.4) is 0 Å². The van der Waals surface area contributed by atoms with Crippen LogP contribution in [0.5, 0.6) is 5.75 Å². The first-order valence-corrected chi connectivity index (χ1v) is 12.1. The highest BCUT2D eigenvalue weighted by atomic mass is 19.1. The van der Waals surface area contributed by atoms with Crippen molar-refractivity contribution in [3.63, 3.8) is 0 Å². The third-order valence-corrected chi connectivity index (χ3v) is 6.71. The van der Waals surface area contributed by atoms with Gasteiger partial charge in [0, 0.05) is 44.7 Å². The van der Waals surface area contributed by atoms with Crippen molar-refractivity contribution in [2.75, 3.05) is 32.7 Å². The van der Waals surface area contributed by atoms with E-state index in [2.05, 4.69) is 4.90 Å². The number of likely N-dealkylation sites (tertiary alicyclic amines) is 1. The van der Waals surface area contributed by atoms with E-state index in [4.69, 9.17) is 9.47 Å². The summed E-state index contributed by atoms with van der Waals surface area (Å²) in [5.41, 5.74) is -0.669. The molecular weight excluding hydrogens is 425 g/mol. The van der Waals surface area contributed by atoms with Gasteiger partial charge in [-0.1, -0.05) is 12.5 Å². The number of carbonyl (C=O) groups excluding carboxylic acids is 2. The molecule has 0 unspecified atom stereocenters. The maximum absolute atomic E-state index is 13.6. The molecule has 4 rings (SSSR count). The first-order chi connectivity index (χ1) is 15.7. The Labute approximate surface area is 195 Å². The second kappa shape index (κ2) is 9.87. The summed E-state index contributed by atoms with van der Waals surface area (Å²) < 4.78 is 25.2. The molecule has 0 bridgehead atoms. The number of carbonyl (C=O) groups is 2. The smallest absolute Gasteiger partial charge is 0.411 e. The highest BCUT2D eigenvalue weighted by Gasteiger charge is 2.44. The SMILES string of the molecule is CC(C)(C)OC(=O)N1C[C@H](Oc2cccc(F)c2)C[C@@H]1C(=O)N1CCCN(C2CCC2)CC1. The van der Waals surface area contributed by atoms with Gasteiger partial charge in [0.1, 0.15) is 29.3 Å². The van der Waals surface area contributed by atoms with E-state index in [-0.39, 0.29) is 18.3 Å². The summed E-state index contributed by atoms with van der Waals surface area (Å²) in [6, 6.07) is 5.95. The van der Waals surface area contributed by atoms with Gasteiger partial charge in [-0.3, -0.25) is 14.6 Å². The van der Waals surface area contributed by atoms with Crippen molar-refractivity contribution in [3.05, 3.63) is 30.1 Å². The third-order valence-electron chi connectivity index (χ3n) is 6.71. The zero-order valence-corrected chi connectivity index (χ0v) is 20.0. The molecule has 0 N–H and O–H groups in total. The first-order valence-electron chi connectivity index (χ1n) is 12.1. The maximum Gasteiger partial charge on any atom is 0.411 e. The van der Waals surface area contributed by atoms with Crippen molar-refractivity contribution in [2.45, 2.75) is 76.7 Å². The van der Waals surface area contributed by atoms with Crippen LogP contribution in [0.25, 0.3) is 0 Å². The van der Waals surface area contributed by atoms with Crippen LogP contribution in [0.4, 0.5) is 9.18 Å². The number of benzene rings is 1. The van der Waals surface area contributed by atoms with E-state index >= 15 is 0 Å². The number of nitrogens with zero attached hydrogens (tertiary/aromatic N) is 3. The molecule has 1 saturated carbocycles. The van der Waals surface area contributed by atoms with Crippen molar-refractivity contribution in [1.29, 1.82) is 0 Å². The molecule has 2 heterocycles. The molecule has 1 aromatic rings. The minimum absolute atomic E-state index is 0.0540. The summed E-state index contributed by atoms with van der Waals surface area (Å²) in [7, 11) is 0. The first kappa shape index (κ1) is 23.8. The monoisotopic (exact) mass is 461 g/mol. The lowest BCUT2D eigenvalue weighted by Gasteiger charge is -2.37. The van der Waals surface area contributed by atoms with Gasteiger partial charge in [0.25, 0.3) is 0 Å². The molecule has 2 atom stereocenters. The van der Waals surface area contributed by atoms with Crippen LogP contribution in [0.2, 0.25) is 0 Å². The Balaban J connectivity index is 1.46. The number of hydrogen-bond acceptors (Lipinski definition) is 5. The zero-order chi connectivity index (χ0) is 23.6. The minimum Gasteiger partial charge on any atom is -0.488 e. The zero-order valence-electron chi connectivity index (χ0n) is 20.0. The molecule has 33 heavy (non-hydrogen) atoms. The van der Waals surface area contributed by atoms with E-state index in [1.807, 2.05) is 25.7 Å². The third kappa shape index (κ3) is 5.96. The molecule has 8 heteroatoms. The molecule has 2 amide bonds. The molecule has 1 aromatic carbocycles. The number of hydrogen-bond donors (Lipinski definition) is 0. The van der Waals surface area contributed by atoms with Crippen molar-refractivity contribution in [3.8, 4) is 5.75 Å². The van der Waals surface area contributed by atoms with Gasteiger partial charge in [-0.15, -0.1) is 0 Å². The number of halogens is 1. The van der Waals surface area contributed by atoms with E-state index < -0.39 is 23.8 Å². The quantitative estimate of drug-likeness (QED) is 0.685. The fourth-order valence-electron chi connectivity index (χ4n) is 4.86. The molecule has 0 radical (unpaired) electrons.